The second-order valence-corrected chi connectivity index (χ2v) is 12.1. The normalized spacial score (nSPS) is 14.5. The zero-order valence-corrected chi connectivity index (χ0v) is 28.9. The van der Waals surface area contributed by atoms with Gasteiger partial charge in [0.1, 0.15) is 6.61 Å². The molecule has 0 saturated heterocycles. The fourth-order valence-electron chi connectivity index (χ4n) is 3.89. The van der Waals surface area contributed by atoms with Crippen LogP contribution in [0.1, 0.15) is 117 Å². The van der Waals surface area contributed by atoms with Gasteiger partial charge in [-0.15, -0.1) is 0 Å². The van der Waals surface area contributed by atoms with E-state index < -0.39 is 32.5 Å². The van der Waals surface area contributed by atoms with Gasteiger partial charge in [-0.2, -0.15) is 0 Å². The largest absolute Gasteiger partial charge is 0.472 e. The third-order valence-corrected chi connectivity index (χ3v) is 7.40. The summed E-state index contributed by atoms with van der Waals surface area (Å²) in [5, 5.41) is 0. The molecule has 256 valence electrons. The maximum absolute atomic E-state index is 12.3. The summed E-state index contributed by atoms with van der Waals surface area (Å²) >= 11 is 0. The zero-order valence-electron chi connectivity index (χ0n) is 28.0. The number of ether oxygens (including phenoxy) is 2. The molecule has 0 fully saturated rings. The van der Waals surface area contributed by atoms with Crippen molar-refractivity contribution in [2.45, 2.75) is 123 Å². The van der Waals surface area contributed by atoms with Gasteiger partial charge in [0.05, 0.1) is 13.0 Å². The molecule has 0 aliphatic heterocycles. The lowest BCUT2D eigenvalue weighted by Crippen LogP contribution is -2.29. The quantitative estimate of drug-likeness (QED) is 0.0369. The van der Waals surface area contributed by atoms with Crippen molar-refractivity contribution in [3.05, 3.63) is 72.9 Å². The van der Waals surface area contributed by atoms with Gasteiger partial charge in [0.25, 0.3) is 0 Å². The first kappa shape index (κ1) is 42.5. The molecule has 0 heterocycles. The van der Waals surface area contributed by atoms with Gasteiger partial charge in [0.15, 0.2) is 6.10 Å². The first-order valence-corrected chi connectivity index (χ1v) is 18.1. The number of rotatable bonds is 29. The van der Waals surface area contributed by atoms with Crippen molar-refractivity contribution in [3.8, 4) is 0 Å². The number of hydrogen-bond donors (Lipinski definition) is 1. The fourth-order valence-corrected chi connectivity index (χ4v) is 4.35. The average Bonchev–Trinajstić information content (AvgIpc) is 3.03. The molecular weight excluding hydrogens is 591 g/mol. The van der Waals surface area contributed by atoms with E-state index in [1.54, 1.807) is 6.08 Å². The van der Waals surface area contributed by atoms with Crippen LogP contribution in [0.3, 0.4) is 0 Å². The number of carbonyl (C=O) groups is 2. The van der Waals surface area contributed by atoms with E-state index in [4.69, 9.17) is 14.0 Å². The lowest BCUT2D eigenvalue weighted by molar-refractivity contribution is -0.160. The predicted molar refractivity (Wildman–Crippen MR) is 184 cm³/mol. The van der Waals surface area contributed by atoms with Crippen molar-refractivity contribution in [2.24, 2.45) is 0 Å². The van der Waals surface area contributed by atoms with E-state index in [-0.39, 0.29) is 19.4 Å². The lowest BCUT2D eigenvalue weighted by atomic mass is 10.1. The SMILES string of the molecule is CC/C=C\C/C=C\C/C=C\C/C=C\C/C=C\CC(=O)OC(COC(=O)CCCCCCC/C=C\CCCC)COP(=O)(O)OC. The Balaban J connectivity index is 4.32. The van der Waals surface area contributed by atoms with Crippen molar-refractivity contribution in [1.82, 2.24) is 0 Å². The molecule has 0 aliphatic rings. The number of unbranched alkanes of at least 4 members (excludes halogenated alkanes) is 7. The summed E-state index contributed by atoms with van der Waals surface area (Å²) in [5.74, 6) is -0.974. The number of hydrogen-bond acceptors (Lipinski definition) is 7. The fraction of sp³-hybridized carbons (Fsp3) is 0.611. The van der Waals surface area contributed by atoms with Crippen molar-refractivity contribution in [3.63, 3.8) is 0 Å². The van der Waals surface area contributed by atoms with Crippen molar-refractivity contribution in [1.29, 1.82) is 0 Å². The van der Waals surface area contributed by atoms with Gasteiger partial charge >= 0.3 is 19.8 Å². The van der Waals surface area contributed by atoms with Crippen LogP contribution in [0.25, 0.3) is 0 Å². The minimum atomic E-state index is -4.28. The highest BCUT2D eigenvalue weighted by molar-refractivity contribution is 7.47. The van der Waals surface area contributed by atoms with E-state index in [0.29, 0.717) is 12.8 Å². The van der Waals surface area contributed by atoms with Gasteiger partial charge in [-0.05, 0) is 57.8 Å². The molecule has 9 heteroatoms. The van der Waals surface area contributed by atoms with Crippen LogP contribution in [0.4, 0.5) is 0 Å². The molecule has 0 bridgehead atoms. The summed E-state index contributed by atoms with van der Waals surface area (Å²) in [4.78, 5) is 34.1. The maximum Gasteiger partial charge on any atom is 0.472 e. The highest BCUT2D eigenvalue weighted by Crippen LogP contribution is 2.42. The van der Waals surface area contributed by atoms with Gasteiger partial charge in [-0.25, -0.2) is 4.57 Å². The topological polar surface area (TPSA) is 108 Å². The molecule has 0 aromatic heterocycles. The Labute approximate surface area is 272 Å². The zero-order chi connectivity index (χ0) is 33.3. The molecule has 2 unspecified atom stereocenters. The first-order chi connectivity index (χ1) is 21.8. The van der Waals surface area contributed by atoms with Gasteiger partial charge in [-0.3, -0.25) is 18.6 Å². The molecule has 0 spiro atoms. The Bertz CT molecular complexity index is 964. The average molecular weight is 651 g/mol. The molecule has 45 heavy (non-hydrogen) atoms. The van der Waals surface area contributed by atoms with E-state index in [2.05, 4.69) is 73.1 Å². The molecule has 2 atom stereocenters. The van der Waals surface area contributed by atoms with Crippen LogP contribution in [0.2, 0.25) is 0 Å². The molecule has 0 aromatic rings. The molecule has 0 saturated carbocycles. The van der Waals surface area contributed by atoms with Crippen LogP contribution in [-0.4, -0.2) is 43.3 Å². The molecule has 1 N–H and O–H groups in total. The number of phosphoric acid groups is 1. The monoisotopic (exact) mass is 650 g/mol. The first-order valence-electron chi connectivity index (χ1n) is 16.6. The van der Waals surface area contributed by atoms with Crippen LogP contribution < -0.4 is 0 Å². The lowest BCUT2D eigenvalue weighted by Gasteiger charge is -2.19. The Morgan fingerprint density at radius 1 is 0.667 bits per heavy atom. The second kappa shape index (κ2) is 31.5. The standard InChI is InChI=1S/C36H59O8P/c1-4-6-8-10-12-14-16-17-18-19-21-23-25-27-29-31-36(38)44-34(33-43-45(39,40)41-3)32-42-35(37)30-28-26-24-22-20-15-13-11-9-7-5-2/h6,8,11-14,17-18,21,23,27,29,34H,4-5,7,9-10,15-16,19-20,22,24-26,28,30-33H2,1-3H3,(H,39,40)/b8-6-,13-11-,14-12-,18-17-,23-21-,29-27-. The number of carbonyl (C=O) groups excluding carboxylic acids is 2. The predicted octanol–water partition coefficient (Wildman–Crippen LogP) is 9.82. The minimum Gasteiger partial charge on any atom is -0.462 e. The van der Waals surface area contributed by atoms with E-state index in [0.717, 1.165) is 71.3 Å². The van der Waals surface area contributed by atoms with E-state index in [1.165, 1.54) is 12.8 Å². The van der Waals surface area contributed by atoms with E-state index >= 15 is 0 Å². The number of esters is 2. The minimum absolute atomic E-state index is 0.00750. The summed E-state index contributed by atoms with van der Waals surface area (Å²) in [7, 11) is -3.25. The smallest absolute Gasteiger partial charge is 0.462 e. The molecule has 0 radical (unpaired) electrons. The maximum atomic E-state index is 12.3. The van der Waals surface area contributed by atoms with Gasteiger partial charge in [0.2, 0.25) is 0 Å². The van der Waals surface area contributed by atoms with Gasteiger partial charge in [0, 0.05) is 13.5 Å². The Morgan fingerprint density at radius 2 is 1.20 bits per heavy atom. The molecular formula is C36H59O8P. The van der Waals surface area contributed by atoms with Gasteiger partial charge < -0.3 is 14.4 Å². The Morgan fingerprint density at radius 3 is 1.78 bits per heavy atom. The van der Waals surface area contributed by atoms with Crippen molar-refractivity contribution in [2.75, 3.05) is 20.3 Å². The Kier molecular flexibility index (Phi) is 29.7. The Hall–Kier alpha value is -2.51. The van der Waals surface area contributed by atoms with Crippen LogP contribution in [-0.2, 0) is 32.7 Å². The number of phosphoric ester groups is 1. The summed E-state index contributed by atoms with van der Waals surface area (Å²) in [5.41, 5.74) is 0. The van der Waals surface area contributed by atoms with E-state index in [1.807, 2.05) is 12.2 Å². The van der Waals surface area contributed by atoms with Crippen molar-refractivity contribution < 1.29 is 37.6 Å². The third kappa shape index (κ3) is 31.3. The molecule has 0 aromatic carbocycles. The van der Waals surface area contributed by atoms with Crippen molar-refractivity contribution >= 4 is 19.8 Å². The molecule has 0 amide bonds. The summed E-state index contributed by atoms with van der Waals surface area (Å²) in [6.45, 7) is 3.60. The molecule has 0 rings (SSSR count). The summed E-state index contributed by atoms with van der Waals surface area (Å²) < 4.78 is 31.6. The summed E-state index contributed by atoms with van der Waals surface area (Å²) in [6.07, 6.45) is 38.4. The highest BCUT2D eigenvalue weighted by atomic mass is 31.2. The van der Waals surface area contributed by atoms with Crippen LogP contribution in [0, 0.1) is 0 Å². The third-order valence-electron chi connectivity index (χ3n) is 6.47. The van der Waals surface area contributed by atoms with Crippen LogP contribution in [0.5, 0.6) is 0 Å². The second-order valence-electron chi connectivity index (χ2n) is 10.6. The molecule has 8 nitrogen and oxygen atoms in total. The highest BCUT2D eigenvalue weighted by Gasteiger charge is 2.24. The van der Waals surface area contributed by atoms with Crippen LogP contribution in [0.15, 0.2) is 72.9 Å². The van der Waals surface area contributed by atoms with Crippen LogP contribution >= 0.6 is 7.82 Å². The molecule has 0 aliphatic carbocycles. The van der Waals surface area contributed by atoms with Gasteiger partial charge in [-0.1, -0.05) is 119 Å². The summed E-state index contributed by atoms with van der Waals surface area (Å²) in [6, 6.07) is 0. The number of allylic oxidation sites excluding steroid dienone is 11. The van der Waals surface area contributed by atoms with E-state index in [9.17, 15) is 19.0 Å².